The molecule has 0 aliphatic heterocycles. The molecule has 0 saturated heterocycles. The highest BCUT2D eigenvalue weighted by Gasteiger charge is 2.55. The zero-order valence-electron chi connectivity index (χ0n) is 22.5. The predicted molar refractivity (Wildman–Crippen MR) is 143 cm³/mol. The maximum absolute atomic E-state index is 13.6. The molecule has 4 aromatic rings. The summed E-state index contributed by atoms with van der Waals surface area (Å²) in [7, 11) is 1.41. The minimum atomic E-state index is -0.648. The molecule has 40 heavy (non-hydrogen) atoms. The number of pyridine rings is 1. The molecule has 4 atom stereocenters. The number of hydrogen-bond donors (Lipinski definition) is 1. The molecule has 0 spiro atoms. The van der Waals surface area contributed by atoms with E-state index in [1.54, 1.807) is 32.9 Å². The highest BCUT2D eigenvalue weighted by molar-refractivity contribution is 5.96. The van der Waals surface area contributed by atoms with Gasteiger partial charge in [-0.2, -0.15) is 4.98 Å². The second-order valence-electron chi connectivity index (χ2n) is 9.99. The minimum absolute atomic E-state index is 0.0420. The Labute approximate surface area is 230 Å². The van der Waals surface area contributed by atoms with E-state index in [-0.39, 0.29) is 46.6 Å². The van der Waals surface area contributed by atoms with E-state index >= 15 is 0 Å². The van der Waals surface area contributed by atoms with Gasteiger partial charge in [0.2, 0.25) is 11.6 Å². The van der Waals surface area contributed by atoms with Gasteiger partial charge in [-0.25, -0.2) is 9.37 Å². The van der Waals surface area contributed by atoms with Crippen molar-refractivity contribution in [2.75, 3.05) is 7.11 Å². The third-order valence-electron chi connectivity index (χ3n) is 6.91. The number of esters is 1. The second-order valence-corrected chi connectivity index (χ2v) is 9.99. The molecule has 1 saturated carbocycles. The molecule has 1 aliphatic carbocycles. The Kier molecular flexibility index (Phi) is 7.59. The molecule has 1 N–H and O–H groups in total. The topological polar surface area (TPSA) is 116 Å². The number of benzene rings is 2. The molecule has 1 fully saturated rings. The molecule has 5 rings (SSSR count). The van der Waals surface area contributed by atoms with Crippen LogP contribution < -0.4 is 14.8 Å². The molecule has 0 bridgehead atoms. The number of amides is 1. The van der Waals surface area contributed by atoms with E-state index < -0.39 is 23.8 Å². The lowest BCUT2D eigenvalue weighted by Crippen LogP contribution is -2.29. The van der Waals surface area contributed by atoms with E-state index in [9.17, 15) is 14.0 Å². The Morgan fingerprint density at radius 2 is 1.62 bits per heavy atom. The van der Waals surface area contributed by atoms with Crippen LogP contribution in [0.4, 0.5) is 4.39 Å². The summed E-state index contributed by atoms with van der Waals surface area (Å²) in [5, 5.41) is 6.93. The molecule has 2 heterocycles. The first-order chi connectivity index (χ1) is 19.3. The summed E-state index contributed by atoms with van der Waals surface area (Å²) >= 11 is 0. The van der Waals surface area contributed by atoms with E-state index in [1.165, 1.54) is 31.5 Å². The van der Waals surface area contributed by atoms with Crippen LogP contribution in [0.2, 0.25) is 0 Å². The van der Waals surface area contributed by atoms with Crippen molar-refractivity contribution in [2.24, 2.45) is 5.92 Å². The number of nitrogens with zero attached hydrogens (tertiary/aromatic N) is 3. The van der Waals surface area contributed by atoms with Crippen LogP contribution in [0.25, 0.3) is 0 Å². The van der Waals surface area contributed by atoms with Crippen molar-refractivity contribution in [1.82, 2.24) is 20.4 Å². The summed E-state index contributed by atoms with van der Waals surface area (Å²) in [6, 6.07) is 17.3. The monoisotopic (exact) mass is 544 g/mol. The first-order valence-electron chi connectivity index (χ1n) is 13.0. The molecule has 1 amide bonds. The zero-order valence-corrected chi connectivity index (χ0v) is 22.5. The highest BCUT2D eigenvalue weighted by Crippen LogP contribution is 2.65. The van der Waals surface area contributed by atoms with Crippen LogP contribution in [0.5, 0.6) is 11.5 Å². The average Bonchev–Trinajstić information content (AvgIpc) is 3.50. The minimum Gasteiger partial charge on any atom is -0.493 e. The molecule has 10 heteroatoms. The largest absolute Gasteiger partial charge is 0.493 e. The van der Waals surface area contributed by atoms with Crippen LogP contribution in [-0.4, -0.2) is 34.1 Å². The first-order valence-corrected chi connectivity index (χ1v) is 13.0. The Morgan fingerprint density at radius 1 is 0.950 bits per heavy atom. The molecule has 2 aromatic heterocycles. The molecule has 9 nitrogen and oxygen atoms in total. The number of nitrogens with one attached hydrogen (secondary N) is 1. The summed E-state index contributed by atoms with van der Waals surface area (Å²) in [6.07, 6.45) is 1.39. The SMILES string of the molecule is COc1ccnc(C(=O)N[C@@H](C)c2noc(C3C(c4ccccc4)C3c3ccc(F)cc3)n2)c1OC(=O)C(C)C. The Morgan fingerprint density at radius 3 is 2.27 bits per heavy atom. The van der Waals surface area contributed by atoms with Gasteiger partial charge in [0.1, 0.15) is 5.82 Å². The quantitative estimate of drug-likeness (QED) is 0.281. The number of carbonyl (C=O) groups is 2. The van der Waals surface area contributed by atoms with Gasteiger partial charge in [0, 0.05) is 24.1 Å². The fraction of sp³-hybridized carbons (Fsp3) is 0.300. The maximum Gasteiger partial charge on any atom is 0.313 e. The Balaban J connectivity index is 1.36. The number of carbonyl (C=O) groups excluding carboxylic acids is 2. The number of hydrogen-bond acceptors (Lipinski definition) is 8. The lowest BCUT2D eigenvalue weighted by Gasteiger charge is -2.15. The normalized spacial score (nSPS) is 18.7. The van der Waals surface area contributed by atoms with E-state index in [2.05, 4.69) is 20.4 Å². The van der Waals surface area contributed by atoms with Crippen LogP contribution >= 0.6 is 0 Å². The number of halogens is 1. The van der Waals surface area contributed by atoms with Crippen LogP contribution in [0.15, 0.2) is 71.4 Å². The number of rotatable bonds is 9. The fourth-order valence-electron chi connectivity index (χ4n) is 4.77. The van der Waals surface area contributed by atoms with Crippen molar-refractivity contribution < 1.29 is 28.0 Å². The summed E-state index contributed by atoms with van der Waals surface area (Å²) in [5.41, 5.74) is 2.00. The van der Waals surface area contributed by atoms with Crippen molar-refractivity contribution in [3.05, 3.63) is 101 Å². The van der Waals surface area contributed by atoms with Gasteiger partial charge in [0.25, 0.3) is 5.91 Å². The molecule has 0 radical (unpaired) electrons. The van der Waals surface area contributed by atoms with Gasteiger partial charge in [0.15, 0.2) is 17.3 Å². The van der Waals surface area contributed by atoms with Crippen LogP contribution in [-0.2, 0) is 4.79 Å². The van der Waals surface area contributed by atoms with Gasteiger partial charge in [-0.05, 0) is 30.2 Å². The molecular formula is C30H29FN4O5. The fourth-order valence-corrected chi connectivity index (χ4v) is 4.77. The molecule has 3 unspecified atom stereocenters. The first kappa shape index (κ1) is 27.0. The Bertz CT molecular complexity index is 1510. The average molecular weight is 545 g/mol. The molecule has 206 valence electrons. The van der Waals surface area contributed by atoms with Crippen molar-refractivity contribution >= 4 is 11.9 Å². The summed E-state index contributed by atoms with van der Waals surface area (Å²) in [5.74, 6) is -0.944. The highest BCUT2D eigenvalue weighted by atomic mass is 19.1. The second kappa shape index (κ2) is 11.3. The van der Waals surface area contributed by atoms with Crippen molar-refractivity contribution in [3.63, 3.8) is 0 Å². The third kappa shape index (κ3) is 5.42. The predicted octanol–water partition coefficient (Wildman–Crippen LogP) is 5.33. The maximum atomic E-state index is 13.6. The van der Waals surface area contributed by atoms with E-state index in [1.807, 2.05) is 30.3 Å². The van der Waals surface area contributed by atoms with Crippen LogP contribution in [0.1, 0.15) is 77.9 Å². The smallest absolute Gasteiger partial charge is 0.313 e. The van der Waals surface area contributed by atoms with Gasteiger partial charge >= 0.3 is 5.97 Å². The van der Waals surface area contributed by atoms with Crippen LogP contribution in [0, 0.1) is 11.7 Å². The molecule has 1 aliphatic rings. The third-order valence-corrected chi connectivity index (χ3v) is 6.91. The molecular weight excluding hydrogens is 515 g/mol. The Hall–Kier alpha value is -4.60. The van der Waals surface area contributed by atoms with E-state index in [0.717, 1.165) is 11.1 Å². The summed E-state index contributed by atoms with van der Waals surface area (Å²) in [6.45, 7) is 5.08. The van der Waals surface area contributed by atoms with Gasteiger partial charge in [-0.3, -0.25) is 9.59 Å². The lowest BCUT2D eigenvalue weighted by molar-refractivity contribution is -0.137. The van der Waals surface area contributed by atoms with E-state index in [4.69, 9.17) is 14.0 Å². The van der Waals surface area contributed by atoms with Crippen molar-refractivity contribution in [2.45, 2.75) is 44.6 Å². The molecule has 2 aromatic carbocycles. The number of aromatic nitrogens is 3. The summed E-state index contributed by atoms with van der Waals surface area (Å²) < 4.78 is 30.0. The standard InChI is InChI=1S/C30H29FN4O5/c1-16(2)30(37)39-26-21(38-4)14-15-32-25(26)28(36)33-17(3)27-34-29(40-35-27)24-22(18-8-6-5-7-9-18)23(24)19-10-12-20(31)13-11-19/h5-17,22-24H,1-4H3,(H,33,36)/t17-,22?,23?,24?/m0/s1. The summed E-state index contributed by atoms with van der Waals surface area (Å²) in [4.78, 5) is 34.2. The lowest BCUT2D eigenvalue weighted by atomic mass is 10.0. The van der Waals surface area contributed by atoms with Crippen LogP contribution in [0.3, 0.4) is 0 Å². The van der Waals surface area contributed by atoms with Gasteiger partial charge < -0.3 is 19.3 Å². The van der Waals surface area contributed by atoms with Crippen molar-refractivity contribution in [3.8, 4) is 11.5 Å². The van der Waals surface area contributed by atoms with E-state index in [0.29, 0.717) is 5.89 Å². The number of ether oxygens (including phenoxy) is 2. The van der Waals surface area contributed by atoms with Gasteiger partial charge in [-0.1, -0.05) is 61.5 Å². The number of methoxy groups -OCH3 is 1. The van der Waals surface area contributed by atoms with Gasteiger partial charge in [0.05, 0.1) is 25.0 Å². The zero-order chi connectivity index (χ0) is 28.4. The van der Waals surface area contributed by atoms with Gasteiger partial charge in [-0.15, -0.1) is 0 Å². The van der Waals surface area contributed by atoms with Crippen molar-refractivity contribution in [1.29, 1.82) is 0 Å².